The average molecular weight is 491 g/mol. The number of carbonyl (C=O) groups excluding carboxylic acids is 3. The standard InChI is InChI=1S/C21H23BrN4O3S/c1-13-12-30-21(23-13)24-19(28)14-5-7-25(8-6-14)20(29)15-9-18(27)26(11-15)17-4-2-3-16(22)10-17/h2-4,10,12,14-15H,5-9,11H2,1H3,(H,23,24,28). The van der Waals surface area contributed by atoms with Crippen molar-refractivity contribution < 1.29 is 14.4 Å². The van der Waals surface area contributed by atoms with Crippen LogP contribution in [0.2, 0.25) is 0 Å². The van der Waals surface area contributed by atoms with Crippen molar-refractivity contribution in [2.24, 2.45) is 11.8 Å². The molecule has 3 heterocycles. The van der Waals surface area contributed by atoms with Crippen LogP contribution in [0.5, 0.6) is 0 Å². The maximum atomic E-state index is 13.0. The van der Waals surface area contributed by atoms with Crippen LogP contribution < -0.4 is 10.2 Å². The first-order chi connectivity index (χ1) is 14.4. The highest BCUT2D eigenvalue weighted by molar-refractivity contribution is 9.10. The Kier molecular flexibility index (Phi) is 6.19. The van der Waals surface area contributed by atoms with Gasteiger partial charge in [0.2, 0.25) is 17.7 Å². The van der Waals surface area contributed by atoms with Crippen LogP contribution in [-0.2, 0) is 14.4 Å². The smallest absolute Gasteiger partial charge is 0.229 e. The summed E-state index contributed by atoms with van der Waals surface area (Å²) in [6, 6.07) is 7.55. The van der Waals surface area contributed by atoms with Gasteiger partial charge in [-0.1, -0.05) is 22.0 Å². The summed E-state index contributed by atoms with van der Waals surface area (Å²) in [4.78, 5) is 45.7. The Morgan fingerprint density at radius 2 is 2.00 bits per heavy atom. The Labute approximate surface area is 187 Å². The maximum Gasteiger partial charge on any atom is 0.229 e. The van der Waals surface area contributed by atoms with Crippen molar-refractivity contribution in [3.8, 4) is 0 Å². The number of likely N-dealkylation sites (tertiary alicyclic amines) is 1. The molecule has 0 spiro atoms. The van der Waals surface area contributed by atoms with Gasteiger partial charge in [0.25, 0.3) is 0 Å². The third-order valence-electron chi connectivity index (χ3n) is 5.62. The number of carbonyl (C=O) groups is 3. The lowest BCUT2D eigenvalue weighted by atomic mass is 9.94. The second kappa shape index (κ2) is 8.85. The SMILES string of the molecule is Cc1csc(NC(=O)C2CCN(C(=O)C3CC(=O)N(c4cccc(Br)c4)C3)CC2)n1. The van der Waals surface area contributed by atoms with E-state index in [0.717, 1.165) is 15.9 Å². The molecule has 4 rings (SSSR count). The number of thiazole rings is 1. The van der Waals surface area contributed by atoms with Crippen LogP contribution in [-0.4, -0.2) is 47.2 Å². The Balaban J connectivity index is 1.31. The molecule has 1 aromatic carbocycles. The number of hydrogen-bond acceptors (Lipinski definition) is 5. The number of aromatic nitrogens is 1. The van der Waals surface area contributed by atoms with Gasteiger partial charge in [0, 0.05) is 47.5 Å². The lowest BCUT2D eigenvalue weighted by Crippen LogP contribution is -2.44. The minimum Gasteiger partial charge on any atom is -0.342 e. The molecule has 30 heavy (non-hydrogen) atoms. The minimum absolute atomic E-state index is 0.00949. The number of anilines is 2. The van der Waals surface area contributed by atoms with Gasteiger partial charge < -0.3 is 15.1 Å². The van der Waals surface area contributed by atoms with E-state index < -0.39 is 0 Å². The first kappa shape index (κ1) is 21.0. The molecule has 1 unspecified atom stereocenters. The van der Waals surface area contributed by atoms with Gasteiger partial charge >= 0.3 is 0 Å². The zero-order valence-electron chi connectivity index (χ0n) is 16.6. The lowest BCUT2D eigenvalue weighted by molar-refractivity contribution is -0.138. The van der Waals surface area contributed by atoms with Crippen molar-refractivity contribution in [3.05, 3.63) is 39.8 Å². The summed E-state index contributed by atoms with van der Waals surface area (Å²) in [5, 5.41) is 5.39. The van der Waals surface area contributed by atoms with E-state index in [1.807, 2.05) is 36.6 Å². The third kappa shape index (κ3) is 4.57. The fraction of sp³-hybridized carbons (Fsp3) is 0.429. The second-order valence-corrected chi connectivity index (χ2v) is 9.54. The Bertz CT molecular complexity index is 971. The number of piperidine rings is 1. The van der Waals surface area contributed by atoms with Crippen molar-refractivity contribution in [1.82, 2.24) is 9.88 Å². The minimum atomic E-state index is -0.333. The number of benzene rings is 1. The molecule has 2 aromatic rings. The maximum absolute atomic E-state index is 13.0. The molecule has 1 aromatic heterocycles. The van der Waals surface area contributed by atoms with E-state index in [2.05, 4.69) is 26.2 Å². The number of aryl methyl sites for hydroxylation is 1. The number of nitrogens with one attached hydrogen (secondary N) is 1. The molecule has 2 fully saturated rings. The van der Waals surface area contributed by atoms with Crippen molar-refractivity contribution in [2.75, 3.05) is 29.9 Å². The van der Waals surface area contributed by atoms with E-state index >= 15 is 0 Å². The molecule has 0 bridgehead atoms. The van der Waals surface area contributed by atoms with Crippen molar-refractivity contribution in [2.45, 2.75) is 26.2 Å². The molecule has 2 aliphatic heterocycles. The molecule has 1 atom stereocenters. The van der Waals surface area contributed by atoms with Crippen LogP contribution in [0, 0.1) is 18.8 Å². The molecule has 1 N–H and O–H groups in total. The predicted octanol–water partition coefficient (Wildman–Crippen LogP) is 3.44. The molecular formula is C21H23BrN4O3S. The number of nitrogens with zero attached hydrogens (tertiary/aromatic N) is 3. The van der Waals surface area contributed by atoms with Gasteiger partial charge in [0.1, 0.15) is 0 Å². The number of rotatable bonds is 4. The molecule has 2 saturated heterocycles. The van der Waals surface area contributed by atoms with Gasteiger partial charge in [-0.3, -0.25) is 14.4 Å². The zero-order chi connectivity index (χ0) is 21.3. The molecule has 0 aliphatic carbocycles. The normalized spacial score (nSPS) is 19.9. The van der Waals surface area contributed by atoms with Gasteiger partial charge in [-0.15, -0.1) is 11.3 Å². The number of hydrogen-bond donors (Lipinski definition) is 1. The average Bonchev–Trinajstić information content (AvgIpc) is 3.32. The fourth-order valence-electron chi connectivity index (χ4n) is 4.01. The monoisotopic (exact) mass is 490 g/mol. The summed E-state index contributed by atoms with van der Waals surface area (Å²) < 4.78 is 0.899. The van der Waals surface area contributed by atoms with Crippen LogP contribution in [0.3, 0.4) is 0 Å². The first-order valence-corrected chi connectivity index (χ1v) is 11.7. The van der Waals surface area contributed by atoms with E-state index in [0.29, 0.717) is 37.6 Å². The lowest BCUT2D eigenvalue weighted by Gasteiger charge is -2.32. The molecule has 158 valence electrons. The molecule has 3 amide bonds. The van der Waals surface area contributed by atoms with Gasteiger partial charge in [-0.05, 0) is 38.0 Å². The fourth-order valence-corrected chi connectivity index (χ4v) is 5.08. The summed E-state index contributed by atoms with van der Waals surface area (Å²) in [7, 11) is 0. The zero-order valence-corrected chi connectivity index (χ0v) is 19.0. The van der Waals surface area contributed by atoms with E-state index in [4.69, 9.17) is 0 Å². The van der Waals surface area contributed by atoms with Gasteiger partial charge in [-0.2, -0.15) is 0 Å². The van der Waals surface area contributed by atoms with Gasteiger partial charge in [0.05, 0.1) is 11.6 Å². The summed E-state index contributed by atoms with van der Waals surface area (Å²) in [6.07, 6.45) is 1.48. The predicted molar refractivity (Wildman–Crippen MR) is 119 cm³/mol. The van der Waals surface area contributed by atoms with Crippen LogP contribution >= 0.6 is 27.3 Å². The Hall–Kier alpha value is -2.26. The van der Waals surface area contributed by atoms with E-state index in [9.17, 15) is 14.4 Å². The van der Waals surface area contributed by atoms with Crippen LogP contribution in [0.25, 0.3) is 0 Å². The van der Waals surface area contributed by atoms with Crippen molar-refractivity contribution in [3.63, 3.8) is 0 Å². The molecule has 7 nitrogen and oxygen atoms in total. The molecule has 0 saturated carbocycles. The van der Waals surface area contributed by atoms with E-state index in [1.54, 1.807) is 9.80 Å². The molecule has 2 aliphatic rings. The summed E-state index contributed by atoms with van der Waals surface area (Å²) in [6.45, 7) is 3.37. The molecule has 9 heteroatoms. The summed E-state index contributed by atoms with van der Waals surface area (Å²) >= 11 is 4.84. The number of halogens is 1. The summed E-state index contributed by atoms with van der Waals surface area (Å²) in [5.41, 5.74) is 1.69. The van der Waals surface area contributed by atoms with Crippen LogP contribution in [0.4, 0.5) is 10.8 Å². The van der Waals surface area contributed by atoms with Crippen LogP contribution in [0.1, 0.15) is 25.0 Å². The summed E-state index contributed by atoms with van der Waals surface area (Å²) in [5.74, 6) is -0.509. The van der Waals surface area contributed by atoms with Crippen molar-refractivity contribution in [1.29, 1.82) is 0 Å². The van der Waals surface area contributed by atoms with Gasteiger partial charge in [-0.25, -0.2) is 4.98 Å². The largest absolute Gasteiger partial charge is 0.342 e. The molecular weight excluding hydrogens is 468 g/mol. The number of amides is 3. The topological polar surface area (TPSA) is 82.6 Å². The van der Waals surface area contributed by atoms with Crippen molar-refractivity contribution >= 4 is 55.8 Å². The Morgan fingerprint density at radius 1 is 1.23 bits per heavy atom. The quantitative estimate of drug-likeness (QED) is 0.711. The van der Waals surface area contributed by atoms with E-state index in [-0.39, 0.29) is 36.0 Å². The molecule has 0 radical (unpaired) electrons. The third-order valence-corrected chi connectivity index (χ3v) is 6.99. The van der Waals surface area contributed by atoms with Gasteiger partial charge in [0.15, 0.2) is 5.13 Å². The van der Waals surface area contributed by atoms with E-state index in [1.165, 1.54) is 11.3 Å². The van der Waals surface area contributed by atoms with Crippen LogP contribution in [0.15, 0.2) is 34.1 Å². The second-order valence-electron chi connectivity index (χ2n) is 7.77. The highest BCUT2D eigenvalue weighted by Gasteiger charge is 2.38. The Morgan fingerprint density at radius 3 is 2.67 bits per heavy atom. The highest BCUT2D eigenvalue weighted by Crippen LogP contribution is 2.29. The highest BCUT2D eigenvalue weighted by atomic mass is 79.9. The first-order valence-electron chi connectivity index (χ1n) is 9.98.